The summed E-state index contributed by atoms with van der Waals surface area (Å²) in [6.07, 6.45) is 7.61. The topological polar surface area (TPSA) is 57.5 Å². The third kappa shape index (κ3) is 1.79. The van der Waals surface area contributed by atoms with Gasteiger partial charge >= 0.3 is 5.97 Å². The second-order valence-corrected chi connectivity index (χ2v) is 9.54. The first-order valence-corrected chi connectivity index (χ1v) is 9.77. The van der Waals surface area contributed by atoms with E-state index in [0.717, 1.165) is 24.2 Å². The van der Waals surface area contributed by atoms with Gasteiger partial charge in [0.2, 0.25) is 5.25 Å². The minimum Gasteiger partial charge on any atom is -0.478 e. The van der Waals surface area contributed by atoms with Crippen molar-refractivity contribution in [2.45, 2.75) is 48.4 Å². The maximum atomic E-state index is 12.3. The molecular weight excluding hydrogens is 308 g/mol. The molecule has 5 atom stereocenters. The first kappa shape index (κ1) is 15.3. The van der Waals surface area contributed by atoms with E-state index < -0.39 is 33.1 Å². The number of rotatable bonds is 2. The standard InChI is InChI=1S/C19H22O3S/c1-17-9-5-6-10-18(17)11-12-19(17,22)13-23(15(18)16(20)21)14-7-3-2-4-8-14/h2-4,6-8,10,15,22H,5,9,11-13H2,1H3/p+1/t15-,17-,18+,19+,23?/m1/s1. The number of benzene rings is 1. The molecule has 3 nitrogen and oxygen atoms in total. The van der Waals surface area contributed by atoms with Crippen molar-refractivity contribution in [3.8, 4) is 0 Å². The molecule has 1 aliphatic heterocycles. The highest BCUT2D eigenvalue weighted by Crippen LogP contribution is 2.69. The highest BCUT2D eigenvalue weighted by atomic mass is 32.2. The second-order valence-electron chi connectivity index (χ2n) is 7.45. The molecule has 23 heavy (non-hydrogen) atoms. The zero-order valence-corrected chi connectivity index (χ0v) is 14.2. The predicted molar refractivity (Wildman–Crippen MR) is 91.5 cm³/mol. The number of hydrogen-bond donors (Lipinski definition) is 2. The van der Waals surface area contributed by atoms with Crippen molar-refractivity contribution in [1.82, 2.24) is 0 Å². The summed E-state index contributed by atoms with van der Waals surface area (Å²) in [5.41, 5.74) is -1.48. The third-order valence-corrected chi connectivity index (χ3v) is 9.51. The first-order valence-electron chi connectivity index (χ1n) is 8.31. The number of aliphatic hydroxyl groups is 1. The van der Waals surface area contributed by atoms with Gasteiger partial charge < -0.3 is 10.2 Å². The van der Waals surface area contributed by atoms with Gasteiger partial charge in [-0.2, -0.15) is 0 Å². The highest BCUT2D eigenvalue weighted by Gasteiger charge is 2.77. The molecule has 0 radical (unpaired) electrons. The lowest BCUT2D eigenvalue weighted by atomic mass is 9.56. The largest absolute Gasteiger partial charge is 0.478 e. The maximum Gasteiger partial charge on any atom is 0.358 e. The molecule has 2 aliphatic carbocycles. The van der Waals surface area contributed by atoms with Crippen LogP contribution in [-0.4, -0.2) is 32.8 Å². The van der Waals surface area contributed by atoms with Crippen LogP contribution < -0.4 is 0 Å². The third-order valence-electron chi connectivity index (χ3n) is 6.65. The Bertz CT molecular complexity index is 672. The van der Waals surface area contributed by atoms with Crippen molar-refractivity contribution in [1.29, 1.82) is 0 Å². The summed E-state index contributed by atoms with van der Waals surface area (Å²) in [6, 6.07) is 9.94. The highest BCUT2D eigenvalue weighted by molar-refractivity contribution is 7.98. The van der Waals surface area contributed by atoms with Crippen molar-refractivity contribution in [2.24, 2.45) is 10.8 Å². The Hall–Kier alpha value is -1.26. The van der Waals surface area contributed by atoms with Gasteiger partial charge in [0.25, 0.3) is 0 Å². The predicted octanol–water partition coefficient (Wildman–Crippen LogP) is 3.00. The summed E-state index contributed by atoms with van der Waals surface area (Å²) < 4.78 is 0. The molecule has 4 heteroatoms. The van der Waals surface area contributed by atoms with Gasteiger partial charge in [0.15, 0.2) is 4.90 Å². The summed E-state index contributed by atoms with van der Waals surface area (Å²) in [5, 5.41) is 21.2. The van der Waals surface area contributed by atoms with E-state index in [1.54, 1.807) is 0 Å². The Kier molecular flexibility index (Phi) is 3.23. The SMILES string of the molecule is C[C@@]12CCC=C[C@@]13CC[C@]2(O)C[S+](c1ccccc1)[C@@H]3C(=O)O. The molecule has 122 valence electrons. The molecular formula is C19H23O3S+. The molecule has 1 unspecified atom stereocenters. The Morgan fingerprint density at radius 3 is 2.65 bits per heavy atom. The van der Waals surface area contributed by atoms with E-state index in [4.69, 9.17) is 0 Å². The van der Waals surface area contributed by atoms with Crippen LogP contribution in [0.5, 0.6) is 0 Å². The monoisotopic (exact) mass is 331 g/mol. The number of aliphatic carboxylic acids is 1. The Balaban J connectivity index is 1.91. The smallest absolute Gasteiger partial charge is 0.358 e. The fourth-order valence-corrected chi connectivity index (χ4v) is 8.58. The molecule has 1 aromatic carbocycles. The van der Waals surface area contributed by atoms with Gasteiger partial charge in [0.05, 0.1) is 5.41 Å². The van der Waals surface area contributed by atoms with Crippen LogP contribution in [0, 0.1) is 10.8 Å². The van der Waals surface area contributed by atoms with Crippen LogP contribution in [0.1, 0.15) is 32.6 Å². The number of carboxylic acid groups (broad SMARTS) is 1. The average molecular weight is 331 g/mol. The second kappa shape index (κ2) is 4.87. The van der Waals surface area contributed by atoms with E-state index in [1.165, 1.54) is 0 Å². The number of allylic oxidation sites excluding steroid dienone is 2. The molecule has 0 amide bonds. The van der Waals surface area contributed by atoms with Crippen LogP contribution in [0.2, 0.25) is 0 Å². The molecule has 4 rings (SSSR count). The van der Waals surface area contributed by atoms with Gasteiger partial charge in [-0.25, -0.2) is 4.79 Å². The average Bonchev–Trinajstić information content (AvgIpc) is 2.68. The summed E-state index contributed by atoms with van der Waals surface area (Å²) in [7, 11) is -0.467. The van der Waals surface area contributed by atoms with E-state index in [-0.39, 0.29) is 5.41 Å². The van der Waals surface area contributed by atoms with Crippen LogP contribution >= 0.6 is 0 Å². The number of carboxylic acids is 1. The van der Waals surface area contributed by atoms with Crippen molar-refractivity contribution < 1.29 is 15.0 Å². The van der Waals surface area contributed by atoms with Crippen molar-refractivity contribution >= 4 is 16.9 Å². The van der Waals surface area contributed by atoms with Gasteiger partial charge in [-0.05, 0) is 37.8 Å². The summed E-state index contributed by atoms with van der Waals surface area (Å²) in [5.74, 6) is -0.126. The van der Waals surface area contributed by atoms with Crippen molar-refractivity contribution in [3.05, 3.63) is 42.5 Å². The van der Waals surface area contributed by atoms with Gasteiger partial charge in [-0.3, -0.25) is 0 Å². The zero-order chi connectivity index (χ0) is 16.3. The fourth-order valence-electron chi connectivity index (χ4n) is 5.29. The van der Waals surface area contributed by atoms with Crippen molar-refractivity contribution in [3.63, 3.8) is 0 Å². The summed E-state index contributed by atoms with van der Waals surface area (Å²) >= 11 is 0. The normalized spacial score (nSPS) is 44.8. The van der Waals surface area contributed by atoms with E-state index >= 15 is 0 Å². The molecule has 1 heterocycles. The van der Waals surface area contributed by atoms with Crippen LogP contribution in [0.4, 0.5) is 0 Å². The minimum absolute atomic E-state index is 0.323. The molecule has 0 spiro atoms. The Morgan fingerprint density at radius 1 is 1.22 bits per heavy atom. The zero-order valence-electron chi connectivity index (χ0n) is 13.4. The van der Waals surface area contributed by atoms with Gasteiger partial charge in [-0.1, -0.05) is 37.3 Å². The Labute approximate surface area is 139 Å². The maximum absolute atomic E-state index is 12.3. The molecule has 1 saturated heterocycles. The van der Waals surface area contributed by atoms with Crippen LogP contribution in [0.25, 0.3) is 0 Å². The van der Waals surface area contributed by atoms with Crippen LogP contribution in [0.15, 0.2) is 47.4 Å². The van der Waals surface area contributed by atoms with E-state index in [2.05, 4.69) is 19.1 Å². The van der Waals surface area contributed by atoms with Crippen LogP contribution in [-0.2, 0) is 15.7 Å². The lowest BCUT2D eigenvalue weighted by molar-refractivity contribution is -0.144. The molecule has 1 aromatic rings. The molecule has 2 bridgehead atoms. The lowest BCUT2D eigenvalue weighted by Crippen LogP contribution is -2.66. The number of hydrogen-bond acceptors (Lipinski definition) is 2. The Morgan fingerprint density at radius 2 is 1.96 bits per heavy atom. The number of carbonyl (C=O) groups is 1. The first-order chi connectivity index (χ1) is 10.9. The van der Waals surface area contributed by atoms with E-state index in [0.29, 0.717) is 12.2 Å². The molecule has 0 aromatic heterocycles. The molecule has 2 N–H and O–H groups in total. The van der Waals surface area contributed by atoms with Gasteiger partial charge in [0, 0.05) is 16.3 Å². The minimum atomic E-state index is -0.747. The summed E-state index contributed by atoms with van der Waals surface area (Å²) in [4.78, 5) is 13.4. The van der Waals surface area contributed by atoms with E-state index in [9.17, 15) is 15.0 Å². The fraction of sp³-hybridized carbons (Fsp3) is 0.526. The lowest BCUT2D eigenvalue weighted by Gasteiger charge is -2.54. The van der Waals surface area contributed by atoms with Gasteiger partial charge in [0.1, 0.15) is 11.4 Å². The van der Waals surface area contributed by atoms with Crippen LogP contribution in [0.3, 0.4) is 0 Å². The van der Waals surface area contributed by atoms with E-state index in [1.807, 2.05) is 30.3 Å². The quantitative estimate of drug-likeness (QED) is 0.647. The molecule has 3 aliphatic rings. The van der Waals surface area contributed by atoms with Crippen molar-refractivity contribution in [2.75, 3.05) is 5.75 Å². The van der Waals surface area contributed by atoms with Gasteiger partial charge in [-0.15, -0.1) is 0 Å². The summed E-state index contributed by atoms with van der Waals surface area (Å²) in [6.45, 7) is 2.13. The molecule has 1 saturated carbocycles. The molecule has 2 fully saturated rings.